The SMILES string of the molecule is CC[C@@H]1CN(c2cc(OC(C)(C)C)nc3cc(C(=O)OC)nn23)[C@@H](C)CN1C(=O)OC(C)(C)C. The van der Waals surface area contributed by atoms with E-state index in [4.69, 9.17) is 14.2 Å². The first kappa shape index (κ1) is 25.6. The van der Waals surface area contributed by atoms with E-state index in [0.717, 1.165) is 12.2 Å². The third-order valence-corrected chi connectivity index (χ3v) is 5.42. The van der Waals surface area contributed by atoms with Crippen molar-refractivity contribution in [2.24, 2.45) is 0 Å². The molecule has 2 aromatic heterocycles. The van der Waals surface area contributed by atoms with Crippen LogP contribution in [0.25, 0.3) is 5.65 Å². The second-order valence-corrected chi connectivity index (χ2v) is 10.7. The molecule has 3 rings (SSSR count). The van der Waals surface area contributed by atoms with Gasteiger partial charge in [-0.2, -0.15) is 14.6 Å². The molecule has 1 aliphatic rings. The fraction of sp³-hybridized carbons (Fsp3) is 0.667. The summed E-state index contributed by atoms with van der Waals surface area (Å²) in [7, 11) is 1.32. The molecule has 2 atom stereocenters. The highest BCUT2D eigenvalue weighted by atomic mass is 16.6. The lowest BCUT2D eigenvalue weighted by Crippen LogP contribution is -2.60. The van der Waals surface area contributed by atoms with Gasteiger partial charge in [0.05, 0.1) is 13.2 Å². The van der Waals surface area contributed by atoms with Gasteiger partial charge < -0.3 is 24.0 Å². The van der Waals surface area contributed by atoms with Crippen molar-refractivity contribution in [3.63, 3.8) is 0 Å². The van der Waals surface area contributed by atoms with E-state index in [1.807, 2.05) is 54.5 Å². The summed E-state index contributed by atoms with van der Waals surface area (Å²) in [5, 5.41) is 4.46. The largest absolute Gasteiger partial charge is 0.472 e. The Balaban J connectivity index is 2.03. The summed E-state index contributed by atoms with van der Waals surface area (Å²) in [5.41, 5.74) is -0.380. The lowest BCUT2D eigenvalue weighted by Gasteiger charge is -2.46. The van der Waals surface area contributed by atoms with Crippen LogP contribution in [0.2, 0.25) is 0 Å². The van der Waals surface area contributed by atoms with Crippen LogP contribution in [0.4, 0.5) is 10.6 Å². The highest BCUT2D eigenvalue weighted by Gasteiger charge is 2.37. The number of fused-ring (bicyclic) bond motifs is 1. The monoisotopic (exact) mass is 475 g/mol. The van der Waals surface area contributed by atoms with Gasteiger partial charge >= 0.3 is 12.1 Å². The number of methoxy groups -OCH3 is 1. The quantitative estimate of drug-likeness (QED) is 0.614. The Morgan fingerprint density at radius 1 is 1.09 bits per heavy atom. The number of aromatic nitrogens is 3. The van der Waals surface area contributed by atoms with Gasteiger partial charge in [-0.1, -0.05) is 6.92 Å². The topological polar surface area (TPSA) is 98.5 Å². The van der Waals surface area contributed by atoms with Gasteiger partial charge in [0.15, 0.2) is 11.3 Å². The highest BCUT2D eigenvalue weighted by Crippen LogP contribution is 2.30. The molecule has 0 spiro atoms. The molecule has 34 heavy (non-hydrogen) atoms. The number of carbonyl (C=O) groups is 2. The minimum absolute atomic E-state index is 0.0471. The van der Waals surface area contributed by atoms with E-state index in [0.29, 0.717) is 24.6 Å². The molecule has 1 saturated heterocycles. The van der Waals surface area contributed by atoms with Crippen molar-refractivity contribution in [3.8, 4) is 5.88 Å². The molecule has 188 valence electrons. The fourth-order valence-electron chi connectivity index (χ4n) is 3.96. The van der Waals surface area contributed by atoms with Gasteiger partial charge in [0, 0.05) is 31.3 Å². The Bertz CT molecular complexity index is 1050. The first-order valence-corrected chi connectivity index (χ1v) is 11.7. The van der Waals surface area contributed by atoms with Crippen LogP contribution in [0, 0.1) is 0 Å². The predicted octanol–water partition coefficient (Wildman–Crippen LogP) is 3.92. The van der Waals surface area contributed by atoms with E-state index in [9.17, 15) is 9.59 Å². The van der Waals surface area contributed by atoms with Crippen molar-refractivity contribution >= 4 is 23.5 Å². The summed E-state index contributed by atoms with van der Waals surface area (Å²) in [6.07, 6.45) is 0.448. The van der Waals surface area contributed by atoms with Crippen LogP contribution >= 0.6 is 0 Å². The minimum atomic E-state index is -0.564. The summed E-state index contributed by atoms with van der Waals surface area (Å²) in [4.78, 5) is 33.6. The lowest BCUT2D eigenvalue weighted by atomic mass is 10.1. The van der Waals surface area contributed by atoms with E-state index < -0.39 is 17.2 Å². The second kappa shape index (κ2) is 9.31. The minimum Gasteiger partial charge on any atom is -0.472 e. The van der Waals surface area contributed by atoms with E-state index in [1.54, 1.807) is 15.5 Å². The van der Waals surface area contributed by atoms with Crippen molar-refractivity contribution in [1.82, 2.24) is 19.5 Å². The summed E-state index contributed by atoms with van der Waals surface area (Å²) < 4.78 is 18.2. The van der Waals surface area contributed by atoms with Gasteiger partial charge in [-0.3, -0.25) is 0 Å². The average molecular weight is 476 g/mol. The summed E-state index contributed by atoms with van der Waals surface area (Å²) in [6, 6.07) is 3.31. The van der Waals surface area contributed by atoms with Gasteiger partial charge in [0.1, 0.15) is 17.0 Å². The van der Waals surface area contributed by atoms with Crippen LogP contribution < -0.4 is 9.64 Å². The van der Waals surface area contributed by atoms with E-state index in [2.05, 4.69) is 21.9 Å². The maximum absolute atomic E-state index is 12.9. The van der Waals surface area contributed by atoms with Gasteiger partial charge in [-0.05, 0) is 54.9 Å². The third-order valence-electron chi connectivity index (χ3n) is 5.42. The van der Waals surface area contributed by atoms with Crippen LogP contribution in [0.3, 0.4) is 0 Å². The number of rotatable bonds is 4. The number of ether oxygens (including phenoxy) is 3. The predicted molar refractivity (Wildman–Crippen MR) is 129 cm³/mol. The van der Waals surface area contributed by atoms with Crippen LogP contribution in [0.1, 0.15) is 72.3 Å². The summed E-state index contributed by atoms with van der Waals surface area (Å²) in [6.45, 7) is 16.6. The van der Waals surface area contributed by atoms with Crippen molar-refractivity contribution in [2.45, 2.75) is 85.1 Å². The highest BCUT2D eigenvalue weighted by molar-refractivity contribution is 5.88. The molecular formula is C24H37N5O5. The number of hydrogen-bond donors (Lipinski definition) is 0. The molecule has 0 aromatic carbocycles. The lowest BCUT2D eigenvalue weighted by molar-refractivity contribution is 0.0105. The van der Waals surface area contributed by atoms with Gasteiger partial charge in [-0.25, -0.2) is 9.59 Å². The smallest absolute Gasteiger partial charge is 0.410 e. The zero-order valence-electron chi connectivity index (χ0n) is 21.7. The summed E-state index contributed by atoms with van der Waals surface area (Å²) >= 11 is 0. The maximum atomic E-state index is 12.9. The fourth-order valence-corrected chi connectivity index (χ4v) is 3.96. The Hall–Kier alpha value is -3.04. The van der Waals surface area contributed by atoms with Crippen LogP contribution in [-0.2, 0) is 9.47 Å². The molecule has 1 aliphatic heterocycles. The Labute approximate surface area is 201 Å². The number of carbonyl (C=O) groups excluding carboxylic acids is 2. The molecule has 0 radical (unpaired) electrons. The molecular weight excluding hydrogens is 438 g/mol. The zero-order valence-corrected chi connectivity index (χ0v) is 21.7. The third kappa shape index (κ3) is 5.71. The standard InChI is InChI=1S/C24H37N5O5/c1-10-16-14-27(15(2)13-28(16)22(31)34-24(6,7)8)20-12-19(33-23(3,4)5)25-18-11-17(21(30)32-9)26-29(18)20/h11-12,15-16H,10,13-14H2,1-9H3/t15-,16+/m0/s1. The molecule has 2 aromatic rings. The number of nitrogens with zero attached hydrogens (tertiary/aromatic N) is 5. The normalized spacial score (nSPS) is 19.3. The molecule has 0 unspecified atom stereocenters. The Morgan fingerprint density at radius 2 is 1.76 bits per heavy atom. The van der Waals surface area contributed by atoms with E-state index in [1.165, 1.54) is 7.11 Å². The Morgan fingerprint density at radius 3 is 2.32 bits per heavy atom. The molecule has 0 saturated carbocycles. The van der Waals surface area contributed by atoms with Gasteiger partial charge in [0.2, 0.25) is 5.88 Å². The number of hydrogen-bond acceptors (Lipinski definition) is 8. The van der Waals surface area contributed by atoms with Crippen molar-refractivity contribution in [3.05, 3.63) is 17.8 Å². The molecule has 0 bridgehead atoms. The number of amides is 1. The molecule has 10 heteroatoms. The molecule has 0 N–H and O–H groups in total. The van der Waals surface area contributed by atoms with Crippen LogP contribution in [0.5, 0.6) is 5.88 Å². The van der Waals surface area contributed by atoms with E-state index >= 15 is 0 Å². The molecule has 3 heterocycles. The van der Waals surface area contributed by atoms with Crippen LogP contribution in [-0.4, -0.2) is 75.0 Å². The number of anilines is 1. The van der Waals surface area contributed by atoms with Gasteiger partial charge in [0.25, 0.3) is 0 Å². The first-order valence-electron chi connectivity index (χ1n) is 11.7. The van der Waals surface area contributed by atoms with Crippen molar-refractivity contribution in [1.29, 1.82) is 0 Å². The Kier molecular flexibility index (Phi) is 7.00. The maximum Gasteiger partial charge on any atom is 0.410 e. The molecule has 1 fully saturated rings. The van der Waals surface area contributed by atoms with Crippen molar-refractivity contribution in [2.75, 3.05) is 25.1 Å². The number of piperazine rings is 1. The van der Waals surface area contributed by atoms with Crippen molar-refractivity contribution < 1.29 is 23.8 Å². The molecule has 1 amide bonds. The zero-order chi connectivity index (χ0) is 25.4. The second-order valence-electron chi connectivity index (χ2n) is 10.7. The average Bonchev–Trinajstić information content (AvgIpc) is 3.14. The molecule has 0 aliphatic carbocycles. The van der Waals surface area contributed by atoms with Gasteiger partial charge in [-0.15, -0.1) is 0 Å². The first-order chi connectivity index (χ1) is 15.7. The van der Waals surface area contributed by atoms with E-state index in [-0.39, 0.29) is 23.9 Å². The number of esters is 1. The van der Waals surface area contributed by atoms with Crippen LogP contribution in [0.15, 0.2) is 12.1 Å². The summed E-state index contributed by atoms with van der Waals surface area (Å²) in [5.74, 6) is 0.624. The molecule has 10 nitrogen and oxygen atoms in total.